The van der Waals surface area contributed by atoms with E-state index in [4.69, 9.17) is 9.47 Å². The molecule has 1 fully saturated rings. The second-order valence-electron chi connectivity index (χ2n) is 3.94. The van der Waals surface area contributed by atoms with Crippen molar-refractivity contribution < 1.29 is 19.1 Å². The number of nitrogens with one attached hydrogen (secondary N) is 1. The summed E-state index contributed by atoms with van der Waals surface area (Å²) in [4.78, 5) is 22.9. The van der Waals surface area contributed by atoms with E-state index in [0.29, 0.717) is 19.6 Å². The number of methoxy groups -OCH3 is 1. The lowest BCUT2D eigenvalue weighted by atomic mass is 9.88. The predicted octanol–water partition coefficient (Wildman–Crippen LogP) is 0.0907. The Morgan fingerprint density at radius 3 is 2.73 bits per heavy atom. The summed E-state index contributed by atoms with van der Waals surface area (Å²) in [5, 5.41) is 2.97. The van der Waals surface area contributed by atoms with Crippen LogP contribution in [0.15, 0.2) is 0 Å². The predicted molar refractivity (Wildman–Crippen MR) is 53.2 cm³/mol. The zero-order chi connectivity index (χ0) is 11.5. The number of carbonyl (C=O) groups excluding carboxylic acids is 2. The first kappa shape index (κ1) is 12.0. The molecule has 1 rings (SSSR count). The van der Waals surface area contributed by atoms with Gasteiger partial charge in [-0.3, -0.25) is 9.59 Å². The average Bonchev–Trinajstić information content (AvgIpc) is 2.61. The minimum absolute atomic E-state index is 0.290. The molecule has 0 amide bonds. The van der Waals surface area contributed by atoms with Crippen molar-refractivity contribution in [2.45, 2.75) is 26.3 Å². The highest BCUT2D eigenvalue weighted by Gasteiger charge is 2.45. The Kier molecular flexibility index (Phi) is 3.68. The van der Waals surface area contributed by atoms with Crippen LogP contribution in [0.2, 0.25) is 0 Å². The average molecular weight is 215 g/mol. The summed E-state index contributed by atoms with van der Waals surface area (Å²) in [6.07, 6.45) is 0.429. The summed E-state index contributed by atoms with van der Waals surface area (Å²) in [7, 11) is 1.35. The fourth-order valence-electron chi connectivity index (χ4n) is 1.75. The molecule has 1 unspecified atom stereocenters. The molecule has 0 aliphatic carbocycles. The van der Waals surface area contributed by atoms with Crippen LogP contribution in [0.1, 0.15) is 20.3 Å². The first-order chi connectivity index (χ1) is 7.03. The van der Waals surface area contributed by atoms with Gasteiger partial charge in [0, 0.05) is 6.54 Å². The zero-order valence-electron chi connectivity index (χ0n) is 9.33. The fraction of sp³-hybridized carbons (Fsp3) is 0.800. The highest BCUT2D eigenvalue weighted by Crippen LogP contribution is 2.29. The maximum Gasteiger partial charge on any atom is 0.323 e. The molecule has 0 aromatic carbocycles. The Morgan fingerprint density at radius 1 is 1.53 bits per heavy atom. The summed E-state index contributed by atoms with van der Waals surface area (Å²) in [6, 6.07) is -0.394. The van der Waals surface area contributed by atoms with E-state index in [2.05, 4.69) is 5.32 Å². The van der Waals surface area contributed by atoms with Crippen LogP contribution in [0, 0.1) is 5.41 Å². The quantitative estimate of drug-likeness (QED) is 0.676. The van der Waals surface area contributed by atoms with Crippen molar-refractivity contribution in [3.8, 4) is 0 Å². The second kappa shape index (κ2) is 4.61. The lowest BCUT2D eigenvalue weighted by Gasteiger charge is -2.18. The van der Waals surface area contributed by atoms with Crippen LogP contribution in [0.4, 0.5) is 0 Å². The van der Waals surface area contributed by atoms with Gasteiger partial charge in [-0.2, -0.15) is 0 Å². The third-order valence-corrected chi connectivity index (χ3v) is 2.64. The molecule has 1 heterocycles. The van der Waals surface area contributed by atoms with Crippen molar-refractivity contribution in [2.24, 2.45) is 5.41 Å². The number of esters is 2. The molecule has 0 aromatic rings. The Morgan fingerprint density at radius 2 is 2.20 bits per heavy atom. The van der Waals surface area contributed by atoms with Crippen LogP contribution in [-0.4, -0.2) is 38.2 Å². The maximum absolute atomic E-state index is 11.4. The molecule has 1 saturated heterocycles. The Hall–Kier alpha value is -1.10. The SMILES string of the molecule is CCOC(=O)[C@@H]1CC(C)(C(=O)OC)CN1. The molecule has 15 heavy (non-hydrogen) atoms. The van der Waals surface area contributed by atoms with Crippen LogP contribution in [0.5, 0.6) is 0 Å². The van der Waals surface area contributed by atoms with Gasteiger partial charge < -0.3 is 14.8 Å². The van der Waals surface area contributed by atoms with E-state index >= 15 is 0 Å². The number of carbonyl (C=O) groups is 2. The van der Waals surface area contributed by atoms with Gasteiger partial charge in [0.15, 0.2) is 0 Å². The molecular weight excluding hydrogens is 198 g/mol. The van der Waals surface area contributed by atoms with Crippen LogP contribution in [0.25, 0.3) is 0 Å². The first-order valence-corrected chi connectivity index (χ1v) is 5.02. The summed E-state index contributed by atoms with van der Waals surface area (Å²) in [5.74, 6) is -0.591. The third kappa shape index (κ3) is 2.47. The molecular formula is C10H17NO4. The van der Waals surface area contributed by atoms with Crippen molar-refractivity contribution in [1.82, 2.24) is 5.32 Å². The van der Waals surface area contributed by atoms with Crippen LogP contribution in [0.3, 0.4) is 0 Å². The molecule has 1 N–H and O–H groups in total. The van der Waals surface area contributed by atoms with Crippen molar-refractivity contribution in [3.05, 3.63) is 0 Å². The summed E-state index contributed by atoms with van der Waals surface area (Å²) in [6.45, 7) is 4.34. The fourth-order valence-corrected chi connectivity index (χ4v) is 1.75. The molecule has 5 nitrogen and oxygen atoms in total. The minimum Gasteiger partial charge on any atom is -0.469 e. The van der Waals surface area contributed by atoms with Crippen LogP contribution >= 0.6 is 0 Å². The minimum atomic E-state index is -0.619. The van der Waals surface area contributed by atoms with Gasteiger partial charge in [0.05, 0.1) is 19.1 Å². The van der Waals surface area contributed by atoms with Crippen LogP contribution < -0.4 is 5.32 Å². The molecule has 1 aliphatic rings. The Bertz CT molecular complexity index is 266. The monoisotopic (exact) mass is 215 g/mol. The van der Waals surface area contributed by atoms with Crippen molar-refractivity contribution >= 4 is 11.9 Å². The summed E-state index contributed by atoms with van der Waals surface area (Å²) in [5.41, 5.74) is -0.619. The zero-order valence-corrected chi connectivity index (χ0v) is 9.33. The van der Waals surface area contributed by atoms with E-state index in [1.165, 1.54) is 7.11 Å². The highest BCUT2D eigenvalue weighted by atomic mass is 16.5. The van der Waals surface area contributed by atoms with Gasteiger partial charge in [-0.1, -0.05) is 0 Å². The van der Waals surface area contributed by atoms with Gasteiger partial charge in [-0.05, 0) is 20.3 Å². The van der Waals surface area contributed by atoms with E-state index in [9.17, 15) is 9.59 Å². The molecule has 0 aromatic heterocycles. The molecule has 2 atom stereocenters. The van der Waals surface area contributed by atoms with Crippen molar-refractivity contribution in [2.75, 3.05) is 20.3 Å². The van der Waals surface area contributed by atoms with Gasteiger partial charge in [-0.25, -0.2) is 0 Å². The lowest BCUT2D eigenvalue weighted by molar-refractivity contribution is -0.151. The number of rotatable bonds is 3. The van der Waals surface area contributed by atoms with Gasteiger partial charge in [-0.15, -0.1) is 0 Å². The van der Waals surface area contributed by atoms with Gasteiger partial charge in [0.2, 0.25) is 0 Å². The van der Waals surface area contributed by atoms with Crippen molar-refractivity contribution in [1.29, 1.82) is 0 Å². The molecule has 0 radical (unpaired) electrons. The van der Waals surface area contributed by atoms with E-state index in [0.717, 1.165) is 0 Å². The van der Waals surface area contributed by atoms with Gasteiger partial charge in [0.25, 0.3) is 0 Å². The molecule has 5 heteroatoms. The number of ether oxygens (including phenoxy) is 2. The lowest BCUT2D eigenvalue weighted by Crippen LogP contribution is -2.32. The first-order valence-electron chi connectivity index (χ1n) is 5.02. The molecule has 0 spiro atoms. The standard InChI is InChI=1S/C10H17NO4/c1-4-15-8(12)7-5-10(2,6-11-7)9(13)14-3/h7,11H,4-6H2,1-3H3/t7-,10?/m0/s1. The maximum atomic E-state index is 11.4. The Labute approximate surface area is 89.1 Å². The highest BCUT2D eigenvalue weighted by molar-refractivity contribution is 5.82. The second-order valence-corrected chi connectivity index (χ2v) is 3.94. The van der Waals surface area contributed by atoms with Gasteiger partial charge >= 0.3 is 11.9 Å². The van der Waals surface area contributed by atoms with Crippen molar-refractivity contribution in [3.63, 3.8) is 0 Å². The molecule has 1 aliphatic heterocycles. The number of hydrogen-bond acceptors (Lipinski definition) is 5. The normalized spacial score (nSPS) is 29.9. The van der Waals surface area contributed by atoms with Gasteiger partial charge in [0.1, 0.15) is 6.04 Å². The smallest absolute Gasteiger partial charge is 0.323 e. The largest absolute Gasteiger partial charge is 0.469 e. The van der Waals surface area contributed by atoms with E-state index < -0.39 is 11.5 Å². The van der Waals surface area contributed by atoms with Crippen LogP contribution in [-0.2, 0) is 19.1 Å². The molecule has 0 bridgehead atoms. The topological polar surface area (TPSA) is 64.6 Å². The third-order valence-electron chi connectivity index (χ3n) is 2.64. The Balaban J connectivity index is 2.58. The van der Waals surface area contributed by atoms with E-state index in [1.54, 1.807) is 13.8 Å². The molecule has 0 saturated carbocycles. The number of hydrogen-bond donors (Lipinski definition) is 1. The molecule has 86 valence electrons. The van der Waals surface area contributed by atoms with E-state index in [1.807, 2.05) is 0 Å². The summed E-state index contributed by atoms with van der Waals surface area (Å²) < 4.78 is 9.57. The summed E-state index contributed by atoms with van der Waals surface area (Å²) >= 11 is 0. The van der Waals surface area contributed by atoms with E-state index in [-0.39, 0.29) is 11.9 Å².